The predicted molar refractivity (Wildman–Crippen MR) is 128 cm³/mol. The second-order valence-corrected chi connectivity index (χ2v) is 8.81. The molecule has 1 nitrogen and oxygen atoms in total. The van der Waals surface area contributed by atoms with E-state index in [-0.39, 0.29) is 5.41 Å². The molecule has 0 fully saturated rings. The van der Waals surface area contributed by atoms with Gasteiger partial charge in [-0.15, -0.1) is 0 Å². The highest BCUT2D eigenvalue weighted by atomic mass is 15.1. The normalized spacial score (nSPS) is 13.6. The van der Waals surface area contributed by atoms with E-state index in [4.69, 9.17) is 0 Å². The fraction of sp³-hybridized carbons (Fsp3) is 0.172. The number of fused-ring (bicyclic) bond motifs is 3. The maximum Gasteiger partial charge on any atom is 0.0490 e. The summed E-state index contributed by atoms with van der Waals surface area (Å²) in [6.45, 7) is 9.06. The monoisotopic (exact) mass is 389 g/mol. The number of aryl methyl sites for hydroxylation is 2. The Hall–Kier alpha value is -3.32. The fourth-order valence-electron chi connectivity index (χ4n) is 4.87. The summed E-state index contributed by atoms with van der Waals surface area (Å²) < 4.78 is 0. The van der Waals surface area contributed by atoms with Gasteiger partial charge in [0.15, 0.2) is 0 Å². The summed E-state index contributed by atoms with van der Waals surface area (Å²) in [7, 11) is 0. The van der Waals surface area contributed by atoms with E-state index < -0.39 is 0 Å². The molecule has 0 saturated carbocycles. The molecule has 0 amide bonds. The van der Waals surface area contributed by atoms with E-state index in [2.05, 4.69) is 124 Å². The van der Waals surface area contributed by atoms with Crippen molar-refractivity contribution in [2.45, 2.75) is 33.1 Å². The summed E-state index contributed by atoms with van der Waals surface area (Å²) in [5.41, 5.74) is 11.7. The summed E-state index contributed by atoms with van der Waals surface area (Å²) in [6.07, 6.45) is 0. The van der Waals surface area contributed by atoms with Crippen LogP contribution in [0, 0.1) is 13.8 Å². The van der Waals surface area contributed by atoms with E-state index in [1.807, 2.05) is 0 Å². The number of rotatable bonds is 3. The van der Waals surface area contributed by atoms with Crippen molar-refractivity contribution in [2.75, 3.05) is 4.90 Å². The van der Waals surface area contributed by atoms with Crippen LogP contribution in [0.25, 0.3) is 11.1 Å². The first kappa shape index (κ1) is 18.7. The fourth-order valence-corrected chi connectivity index (χ4v) is 4.87. The Labute approximate surface area is 179 Å². The molecular weight excluding hydrogens is 362 g/mol. The number of para-hydroxylation sites is 2. The van der Waals surface area contributed by atoms with Crippen molar-refractivity contribution in [1.29, 1.82) is 0 Å². The number of hydrogen-bond donors (Lipinski definition) is 0. The highest BCUT2D eigenvalue weighted by molar-refractivity contribution is 5.86. The Morgan fingerprint density at radius 3 is 1.73 bits per heavy atom. The Balaban J connectivity index is 1.74. The van der Waals surface area contributed by atoms with Crippen molar-refractivity contribution < 1.29 is 0 Å². The lowest BCUT2D eigenvalue weighted by Crippen LogP contribution is -2.17. The highest BCUT2D eigenvalue weighted by Crippen LogP contribution is 2.50. The molecule has 5 rings (SSSR count). The van der Waals surface area contributed by atoms with Crippen molar-refractivity contribution in [3.05, 3.63) is 113 Å². The van der Waals surface area contributed by atoms with E-state index in [1.54, 1.807) is 0 Å². The van der Waals surface area contributed by atoms with Crippen LogP contribution in [-0.4, -0.2) is 0 Å². The molecule has 1 aliphatic rings. The molecule has 0 spiro atoms. The molecule has 0 radical (unpaired) electrons. The van der Waals surface area contributed by atoms with Gasteiger partial charge >= 0.3 is 0 Å². The molecule has 0 N–H and O–H groups in total. The van der Waals surface area contributed by atoms with Crippen molar-refractivity contribution >= 4 is 17.1 Å². The molecule has 0 aromatic heterocycles. The topological polar surface area (TPSA) is 3.24 Å². The van der Waals surface area contributed by atoms with Gasteiger partial charge in [-0.25, -0.2) is 0 Å². The zero-order valence-corrected chi connectivity index (χ0v) is 18.1. The summed E-state index contributed by atoms with van der Waals surface area (Å²) in [5, 5.41) is 0. The molecule has 4 aromatic rings. The Bertz CT molecular complexity index is 1200. The largest absolute Gasteiger partial charge is 0.310 e. The standard InChI is InChI=1S/C29H27N/c1-20-11-5-9-15-27(20)30(28-16-10-6-12-21(28)2)22-17-18-24-23-13-7-8-14-25(23)29(3,4)26(24)19-22/h5-19H,1-4H3. The van der Waals surface area contributed by atoms with Crippen LogP contribution in [0.3, 0.4) is 0 Å². The maximum absolute atomic E-state index is 2.41. The molecule has 1 aliphatic carbocycles. The minimum Gasteiger partial charge on any atom is -0.310 e. The smallest absolute Gasteiger partial charge is 0.0490 e. The lowest BCUT2D eigenvalue weighted by atomic mass is 9.82. The van der Waals surface area contributed by atoms with Crippen LogP contribution in [-0.2, 0) is 5.41 Å². The Morgan fingerprint density at radius 2 is 1.10 bits per heavy atom. The maximum atomic E-state index is 2.41. The van der Waals surface area contributed by atoms with Crippen LogP contribution < -0.4 is 4.90 Å². The number of benzene rings is 4. The van der Waals surface area contributed by atoms with Crippen LogP contribution in [0.2, 0.25) is 0 Å². The molecule has 1 heteroatoms. The van der Waals surface area contributed by atoms with Crippen molar-refractivity contribution in [3.63, 3.8) is 0 Å². The second-order valence-electron chi connectivity index (χ2n) is 8.81. The van der Waals surface area contributed by atoms with Gasteiger partial charge in [0.1, 0.15) is 0 Å². The van der Waals surface area contributed by atoms with Gasteiger partial charge in [0.25, 0.3) is 0 Å². The lowest BCUT2D eigenvalue weighted by Gasteiger charge is -2.30. The summed E-state index contributed by atoms with van der Waals surface area (Å²) in [6, 6.07) is 33.1. The molecule has 0 saturated heterocycles. The predicted octanol–water partition coefficient (Wildman–Crippen LogP) is 8.08. The van der Waals surface area contributed by atoms with Gasteiger partial charge in [0.2, 0.25) is 0 Å². The number of hydrogen-bond acceptors (Lipinski definition) is 1. The second kappa shape index (κ2) is 6.88. The third-order valence-electron chi connectivity index (χ3n) is 6.54. The van der Waals surface area contributed by atoms with Crippen LogP contribution in [0.5, 0.6) is 0 Å². The highest BCUT2D eigenvalue weighted by Gasteiger charge is 2.35. The summed E-state index contributed by atoms with van der Waals surface area (Å²) in [4.78, 5) is 2.41. The Morgan fingerprint density at radius 1 is 0.567 bits per heavy atom. The van der Waals surface area contributed by atoms with E-state index in [9.17, 15) is 0 Å². The lowest BCUT2D eigenvalue weighted by molar-refractivity contribution is 0.660. The van der Waals surface area contributed by atoms with Crippen LogP contribution in [0.15, 0.2) is 91.0 Å². The van der Waals surface area contributed by atoms with E-state index in [1.165, 1.54) is 50.4 Å². The first-order valence-corrected chi connectivity index (χ1v) is 10.6. The summed E-state index contributed by atoms with van der Waals surface area (Å²) >= 11 is 0. The van der Waals surface area contributed by atoms with Crippen molar-refractivity contribution in [3.8, 4) is 11.1 Å². The van der Waals surface area contributed by atoms with Crippen LogP contribution in [0.1, 0.15) is 36.1 Å². The van der Waals surface area contributed by atoms with Gasteiger partial charge in [-0.3, -0.25) is 0 Å². The SMILES string of the molecule is Cc1ccccc1N(c1ccc2c(c1)C(C)(C)c1ccccc1-2)c1ccccc1C. The van der Waals surface area contributed by atoms with Gasteiger partial charge in [-0.2, -0.15) is 0 Å². The number of anilines is 3. The first-order valence-electron chi connectivity index (χ1n) is 10.6. The average molecular weight is 390 g/mol. The van der Waals surface area contributed by atoms with Gasteiger partial charge in [-0.05, 0) is 71.5 Å². The third kappa shape index (κ3) is 2.77. The molecule has 4 aromatic carbocycles. The van der Waals surface area contributed by atoms with Gasteiger partial charge in [0.05, 0.1) is 0 Å². The first-order chi connectivity index (χ1) is 14.5. The molecular formula is C29H27N. The average Bonchev–Trinajstić information content (AvgIpc) is 2.98. The third-order valence-corrected chi connectivity index (χ3v) is 6.54. The zero-order chi connectivity index (χ0) is 20.9. The zero-order valence-electron chi connectivity index (χ0n) is 18.1. The molecule has 30 heavy (non-hydrogen) atoms. The van der Waals surface area contributed by atoms with Crippen molar-refractivity contribution in [1.82, 2.24) is 0 Å². The Kier molecular flexibility index (Phi) is 4.29. The summed E-state index contributed by atoms with van der Waals surface area (Å²) in [5.74, 6) is 0. The molecule has 0 atom stereocenters. The molecule has 0 heterocycles. The van der Waals surface area contributed by atoms with Crippen LogP contribution in [0.4, 0.5) is 17.1 Å². The number of nitrogens with zero attached hydrogens (tertiary/aromatic N) is 1. The van der Waals surface area contributed by atoms with E-state index in [0.717, 1.165) is 0 Å². The minimum atomic E-state index is -0.00886. The minimum absolute atomic E-state index is 0.00886. The van der Waals surface area contributed by atoms with Crippen LogP contribution >= 0.6 is 0 Å². The van der Waals surface area contributed by atoms with Crippen molar-refractivity contribution in [2.24, 2.45) is 0 Å². The van der Waals surface area contributed by atoms with Gasteiger partial charge < -0.3 is 4.90 Å². The molecule has 148 valence electrons. The molecule has 0 bridgehead atoms. The quantitative estimate of drug-likeness (QED) is 0.342. The van der Waals surface area contributed by atoms with E-state index >= 15 is 0 Å². The van der Waals surface area contributed by atoms with Gasteiger partial charge in [-0.1, -0.05) is 80.6 Å². The molecule has 0 aliphatic heterocycles. The van der Waals surface area contributed by atoms with E-state index in [0.29, 0.717) is 0 Å². The molecule has 0 unspecified atom stereocenters. The van der Waals surface area contributed by atoms with Gasteiger partial charge in [0, 0.05) is 22.5 Å².